The molecule has 0 unspecified atom stereocenters. The fraction of sp³-hybridized carbons (Fsp3) is 0.429. The Balaban J connectivity index is 1.99. The van der Waals surface area contributed by atoms with E-state index in [2.05, 4.69) is 28.4 Å². The zero-order chi connectivity index (χ0) is 13.7. The number of nitrogens with one attached hydrogen (secondary N) is 1. The van der Waals surface area contributed by atoms with Crippen LogP contribution in [0.4, 0.5) is 0 Å². The third kappa shape index (κ3) is 4.04. The number of hydrogen-bond acceptors (Lipinski definition) is 3. The lowest BCUT2D eigenvalue weighted by Crippen LogP contribution is -2.15. The first kappa shape index (κ1) is 14.0. The number of aromatic nitrogens is 3. The molecule has 2 rings (SSSR count). The number of aryl methyl sites for hydroxylation is 1. The van der Waals surface area contributed by atoms with Crippen molar-refractivity contribution < 1.29 is 0 Å². The average molecular weight is 279 g/mol. The second-order valence-corrected chi connectivity index (χ2v) is 5.04. The molecule has 5 heteroatoms. The zero-order valence-corrected chi connectivity index (χ0v) is 12.1. The van der Waals surface area contributed by atoms with Crippen molar-refractivity contribution in [2.24, 2.45) is 0 Å². The largest absolute Gasteiger partial charge is 0.310 e. The summed E-state index contributed by atoms with van der Waals surface area (Å²) in [5.41, 5.74) is 2.22. The van der Waals surface area contributed by atoms with Crippen molar-refractivity contribution in [2.75, 3.05) is 6.54 Å². The molecule has 1 aromatic heterocycles. The molecule has 0 radical (unpaired) electrons. The number of nitrogens with zero attached hydrogens (tertiary/aromatic N) is 3. The number of hydrogen-bond donors (Lipinski definition) is 1. The maximum atomic E-state index is 6.21. The molecule has 0 aliphatic heterocycles. The van der Waals surface area contributed by atoms with Crippen molar-refractivity contribution >= 4 is 11.6 Å². The maximum absolute atomic E-state index is 6.21. The molecular weight excluding hydrogens is 260 g/mol. The summed E-state index contributed by atoms with van der Waals surface area (Å²) < 4.78 is 1.82. The molecule has 0 saturated heterocycles. The summed E-state index contributed by atoms with van der Waals surface area (Å²) in [6, 6.07) is 6.06. The normalized spacial score (nSPS) is 10.9. The van der Waals surface area contributed by atoms with Gasteiger partial charge in [-0.05, 0) is 37.1 Å². The molecule has 0 atom stereocenters. The minimum Gasteiger partial charge on any atom is -0.310 e. The van der Waals surface area contributed by atoms with Crippen molar-refractivity contribution in [2.45, 2.75) is 33.4 Å². The van der Waals surface area contributed by atoms with Gasteiger partial charge in [0.05, 0.1) is 13.1 Å². The van der Waals surface area contributed by atoms with Gasteiger partial charge in [0.2, 0.25) is 0 Å². The van der Waals surface area contributed by atoms with Gasteiger partial charge < -0.3 is 5.32 Å². The molecule has 1 heterocycles. The van der Waals surface area contributed by atoms with Gasteiger partial charge in [0.15, 0.2) is 5.82 Å². The third-order valence-electron chi connectivity index (χ3n) is 2.83. The van der Waals surface area contributed by atoms with E-state index in [4.69, 9.17) is 11.6 Å². The van der Waals surface area contributed by atoms with Gasteiger partial charge in [-0.2, -0.15) is 5.10 Å². The van der Waals surface area contributed by atoms with Crippen molar-refractivity contribution in [3.8, 4) is 0 Å². The summed E-state index contributed by atoms with van der Waals surface area (Å²) in [7, 11) is 0. The Kier molecular flexibility index (Phi) is 4.93. The molecule has 1 N–H and O–H groups in total. The van der Waals surface area contributed by atoms with E-state index >= 15 is 0 Å². The molecule has 19 heavy (non-hydrogen) atoms. The van der Waals surface area contributed by atoms with Gasteiger partial charge in [0.1, 0.15) is 6.33 Å². The monoisotopic (exact) mass is 278 g/mol. The van der Waals surface area contributed by atoms with Crippen molar-refractivity contribution in [1.29, 1.82) is 0 Å². The standard InChI is InChI=1S/C14H19ClN4/c1-3-6-16-8-14-17-10-19(18-14)9-12-5-4-11(2)7-13(12)15/h4-5,7,10,16H,3,6,8-9H2,1-2H3. The van der Waals surface area contributed by atoms with Gasteiger partial charge in [-0.3, -0.25) is 0 Å². The van der Waals surface area contributed by atoms with Crippen LogP contribution in [-0.4, -0.2) is 21.3 Å². The smallest absolute Gasteiger partial charge is 0.164 e. The summed E-state index contributed by atoms with van der Waals surface area (Å²) in [6.07, 6.45) is 2.86. The molecule has 0 spiro atoms. The van der Waals surface area contributed by atoms with E-state index in [1.54, 1.807) is 6.33 Å². The van der Waals surface area contributed by atoms with Crippen LogP contribution in [0.3, 0.4) is 0 Å². The third-order valence-corrected chi connectivity index (χ3v) is 3.19. The van der Waals surface area contributed by atoms with Crippen LogP contribution < -0.4 is 5.32 Å². The Morgan fingerprint density at radius 1 is 1.37 bits per heavy atom. The van der Waals surface area contributed by atoms with Crippen LogP contribution in [0.5, 0.6) is 0 Å². The van der Waals surface area contributed by atoms with E-state index in [0.29, 0.717) is 13.1 Å². The van der Waals surface area contributed by atoms with Crippen LogP contribution in [0.2, 0.25) is 5.02 Å². The van der Waals surface area contributed by atoms with Crippen LogP contribution in [0.1, 0.15) is 30.3 Å². The van der Waals surface area contributed by atoms with E-state index in [-0.39, 0.29) is 0 Å². The van der Waals surface area contributed by atoms with Crippen molar-refractivity contribution in [1.82, 2.24) is 20.1 Å². The van der Waals surface area contributed by atoms with Crippen LogP contribution in [0, 0.1) is 6.92 Å². The Morgan fingerprint density at radius 3 is 2.95 bits per heavy atom. The maximum Gasteiger partial charge on any atom is 0.164 e. The SMILES string of the molecule is CCCNCc1ncn(Cc2ccc(C)cc2Cl)n1. The van der Waals surface area contributed by atoms with E-state index < -0.39 is 0 Å². The molecular formula is C14H19ClN4. The van der Waals surface area contributed by atoms with Crippen LogP contribution in [0.25, 0.3) is 0 Å². The molecule has 0 saturated carbocycles. The highest BCUT2D eigenvalue weighted by Crippen LogP contribution is 2.18. The lowest BCUT2D eigenvalue weighted by atomic mass is 10.1. The fourth-order valence-electron chi connectivity index (χ4n) is 1.82. The molecule has 0 fully saturated rings. The van der Waals surface area contributed by atoms with Gasteiger partial charge in [-0.1, -0.05) is 30.7 Å². The highest BCUT2D eigenvalue weighted by molar-refractivity contribution is 6.31. The van der Waals surface area contributed by atoms with Gasteiger partial charge in [0, 0.05) is 5.02 Å². The van der Waals surface area contributed by atoms with Gasteiger partial charge in [0.25, 0.3) is 0 Å². The Morgan fingerprint density at radius 2 is 2.21 bits per heavy atom. The zero-order valence-electron chi connectivity index (χ0n) is 11.4. The lowest BCUT2D eigenvalue weighted by Gasteiger charge is -2.05. The molecule has 4 nitrogen and oxygen atoms in total. The second-order valence-electron chi connectivity index (χ2n) is 4.63. The van der Waals surface area contributed by atoms with Gasteiger partial charge in [-0.15, -0.1) is 0 Å². The summed E-state index contributed by atoms with van der Waals surface area (Å²) in [5, 5.41) is 8.49. The molecule has 0 amide bonds. The van der Waals surface area contributed by atoms with Crippen molar-refractivity contribution in [3.05, 3.63) is 46.5 Å². The molecule has 102 valence electrons. The van der Waals surface area contributed by atoms with E-state index in [1.807, 2.05) is 23.7 Å². The number of halogens is 1. The first-order chi connectivity index (χ1) is 9.19. The average Bonchev–Trinajstić information content (AvgIpc) is 2.81. The summed E-state index contributed by atoms with van der Waals surface area (Å²) in [5.74, 6) is 0.816. The lowest BCUT2D eigenvalue weighted by molar-refractivity contribution is 0.625. The van der Waals surface area contributed by atoms with E-state index in [0.717, 1.165) is 34.9 Å². The van der Waals surface area contributed by atoms with Gasteiger partial charge in [-0.25, -0.2) is 9.67 Å². The first-order valence-electron chi connectivity index (χ1n) is 6.53. The summed E-state index contributed by atoms with van der Waals surface area (Å²) in [4.78, 5) is 4.28. The van der Waals surface area contributed by atoms with Crippen molar-refractivity contribution in [3.63, 3.8) is 0 Å². The fourth-order valence-corrected chi connectivity index (χ4v) is 2.12. The van der Waals surface area contributed by atoms with Crippen LogP contribution in [0.15, 0.2) is 24.5 Å². The Bertz CT molecular complexity index is 536. The predicted molar refractivity (Wildman–Crippen MR) is 77.3 cm³/mol. The summed E-state index contributed by atoms with van der Waals surface area (Å²) >= 11 is 6.21. The molecule has 1 aromatic carbocycles. The highest BCUT2D eigenvalue weighted by Gasteiger charge is 2.04. The molecule has 2 aromatic rings. The van der Waals surface area contributed by atoms with Crippen LogP contribution >= 0.6 is 11.6 Å². The van der Waals surface area contributed by atoms with E-state index in [9.17, 15) is 0 Å². The summed E-state index contributed by atoms with van der Waals surface area (Å²) in [6.45, 7) is 6.52. The first-order valence-corrected chi connectivity index (χ1v) is 6.91. The number of benzene rings is 1. The Hall–Kier alpha value is -1.39. The quantitative estimate of drug-likeness (QED) is 0.826. The van der Waals surface area contributed by atoms with Gasteiger partial charge >= 0.3 is 0 Å². The minimum atomic E-state index is 0.653. The minimum absolute atomic E-state index is 0.653. The predicted octanol–water partition coefficient (Wildman–Crippen LogP) is 2.79. The molecule has 0 bridgehead atoms. The number of rotatable bonds is 6. The van der Waals surface area contributed by atoms with Crippen LogP contribution in [-0.2, 0) is 13.1 Å². The highest BCUT2D eigenvalue weighted by atomic mass is 35.5. The van der Waals surface area contributed by atoms with E-state index in [1.165, 1.54) is 0 Å². The second kappa shape index (κ2) is 6.68. The Labute approximate surface area is 118 Å². The molecule has 0 aliphatic rings. The topological polar surface area (TPSA) is 42.7 Å². The molecule has 0 aliphatic carbocycles.